The molecule has 9 heteroatoms. The van der Waals surface area contributed by atoms with Gasteiger partial charge >= 0.3 is 11.6 Å². The molecule has 0 aliphatic carbocycles. The molecule has 2 amide bonds. The number of hydrogen-bond acceptors (Lipinski definition) is 5. The number of fused-ring (bicyclic) bond motifs is 2. The monoisotopic (exact) mass is 392 g/mol. The van der Waals surface area contributed by atoms with Gasteiger partial charge in [-0.15, -0.1) is 0 Å². The molecule has 9 nitrogen and oxygen atoms in total. The van der Waals surface area contributed by atoms with Gasteiger partial charge in [0.25, 0.3) is 11.5 Å². The number of carbonyl (C=O) groups is 2. The highest BCUT2D eigenvalue weighted by atomic mass is 16.3. The molecule has 4 aromatic rings. The van der Waals surface area contributed by atoms with Crippen LogP contribution in [0.15, 0.2) is 62.5 Å². The summed E-state index contributed by atoms with van der Waals surface area (Å²) < 4.78 is 6.66. The molecular formula is C20H16N4O5. The number of para-hydroxylation sites is 2. The van der Waals surface area contributed by atoms with E-state index in [-0.39, 0.29) is 11.1 Å². The van der Waals surface area contributed by atoms with E-state index >= 15 is 0 Å². The smallest absolute Gasteiger partial charge is 0.329 e. The largest absolute Gasteiger partial charge is 0.451 e. The first kappa shape index (κ1) is 18.2. The zero-order chi connectivity index (χ0) is 20.5. The first-order valence-electron chi connectivity index (χ1n) is 8.75. The van der Waals surface area contributed by atoms with Crippen molar-refractivity contribution in [3.63, 3.8) is 0 Å². The number of nitrogens with one attached hydrogen (secondary N) is 3. The van der Waals surface area contributed by atoms with Gasteiger partial charge in [0, 0.05) is 10.9 Å². The van der Waals surface area contributed by atoms with Gasteiger partial charge in [0.15, 0.2) is 5.76 Å². The molecule has 0 atom stereocenters. The average Bonchev–Trinajstić information content (AvgIpc) is 3.06. The van der Waals surface area contributed by atoms with Gasteiger partial charge in [-0.1, -0.05) is 30.3 Å². The molecule has 2 aromatic carbocycles. The van der Waals surface area contributed by atoms with Gasteiger partial charge in [-0.3, -0.25) is 34.8 Å². The minimum atomic E-state index is -0.719. The maximum atomic E-state index is 12.4. The standard InChI is InChI=1S/C20H16N4O5/c1-11-12-6-3-5-9-15(12)29-17(11)19(27)23-22-16(25)10-24-14-8-4-2-7-13(14)18(26)21-20(24)28/h2-9H,10H2,1H3,(H,22,25)(H,23,27)(H,21,26,28). The van der Waals surface area contributed by atoms with E-state index in [1.807, 2.05) is 12.1 Å². The van der Waals surface area contributed by atoms with Crippen molar-refractivity contribution >= 4 is 33.7 Å². The fraction of sp³-hybridized carbons (Fsp3) is 0.100. The first-order valence-corrected chi connectivity index (χ1v) is 8.75. The lowest BCUT2D eigenvalue weighted by Gasteiger charge is -2.10. The van der Waals surface area contributed by atoms with Gasteiger partial charge in [0.05, 0.1) is 10.9 Å². The highest BCUT2D eigenvalue weighted by Crippen LogP contribution is 2.24. The molecule has 4 rings (SSSR count). The number of hydrogen-bond donors (Lipinski definition) is 3. The summed E-state index contributed by atoms with van der Waals surface area (Å²) >= 11 is 0. The quantitative estimate of drug-likeness (QED) is 0.452. The number of nitrogens with zero attached hydrogens (tertiary/aromatic N) is 1. The Kier molecular flexibility index (Phi) is 4.47. The number of hydrazine groups is 1. The third-order valence-electron chi connectivity index (χ3n) is 4.57. The van der Waals surface area contributed by atoms with E-state index < -0.39 is 29.6 Å². The van der Waals surface area contributed by atoms with Crippen molar-refractivity contribution in [3.05, 3.63) is 80.7 Å². The molecule has 2 aromatic heterocycles. The zero-order valence-electron chi connectivity index (χ0n) is 15.3. The Morgan fingerprint density at radius 2 is 1.69 bits per heavy atom. The molecule has 29 heavy (non-hydrogen) atoms. The number of furan rings is 1. The number of H-pyrrole nitrogens is 1. The lowest BCUT2D eigenvalue weighted by Crippen LogP contribution is -2.45. The molecule has 0 unspecified atom stereocenters. The summed E-state index contributed by atoms with van der Waals surface area (Å²) in [6, 6.07) is 13.6. The van der Waals surface area contributed by atoms with Crippen LogP contribution in [0.2, 0.25) is 0 Å². The van der Waals surface area contributed by atoms with Crippen LogP contribution in [0.3, 0.4) is 0 Å². The Morgan fingerprint density at radius 3 is 2.45 bits per heavy atom. The van der Waals surface area contributed by atoms with Crippen LogP contribution in [-0.2, 0) is 11.3 Å². The molecule has 0 fully saturated rings. The Labute approximate surface area is 162 Å². The van der Waals surface area contributed by atoms with Crippen molar-refractivity contribution in [1.82, 2.24) is 20.4 Å². The molecule has 0 spiro atoms. The Hall–Kier alpha value is -4.14. The highest BCUT2D eigenvalue weighted by Gasteiger charge is 2.18. The van der Waals surface area contributed by atoms with E-state index in [2.05, 4.69) is 15.8 Å². The van der Waals surface area contributed by atoms with Crippen molar-refractivity contribution in [2.24, 2.45) is 0 Å². The average molecular weight is 392 g/mol. The van der Waals surface area contributed by atoms with Crippen LogP contribution in [-0.4, -0.2) is 21.4 Å². The maximum absolute atomic E-state index is 12.4. The predicted octanol–water partition coefficient (Wildman–Crippen LogP) is 1.21. The van der Waals surface area contributed by atoms with Crippen LogP contribution in [0.1, 0.15) is 16.1 Å². The fourth-order valence-electron chi connectivity index (χ4n) is 3.16. The molecule has 146 valence electrons. The van der Waals surface area contributed by atoms with Crippen LogP contribution < -0.4 is 22.1 Å². The van der Waals surface area contributed by atoms with Gasteiger partial charge in [0.2, 0.25) is 0 Å². The van der Waals surface area contributed by atoms with E-state index in [1.54, 1.807) is 43.3 Å². The number of carbonyl (C=O) groups excluding carboxylic acids is 2. The summed E-state index contributed by atoms with van der Waals surface area (Å²) in [5, 5.41) is 1.08. The van der Waals surface area contributed by atoms with Crippen LogP contribution in [0.25, 0.3) is 21.9 Å². The summed E-state index contributed by atoms with van der Waals surface area (Å²) in [5.41, 5.74) is 4.81. The second-order valence-corrected chi connectivity index (χ2v) is 6.42. The Balaban J connectivity index is 1.52. The molecule has 0 aliphatic heterocycles. The zero-order valence-corrected chi connectivity index (χ0v) is 15.3. The van der Waals surface area contributed by atoms with Crippen molar-refractivity contribution in [1.29, 1.82) is 0 Å². The molecule has 0 saturated carbocycles. The number of aromatic nitrogens is 2. The van der Waals surface area contributed by atoms with Crippen molar-refractivity contribution in [3.8, 4) is 0 Å². The topological polar surface area (TPSA) is 126 Å². The minimum Gasteiger partial charge on any atom is -0.451 e. The van der Waals surface area contributed by atoms with E-state index in [9.17, 15) is 19.2 Å². The van der Waals surface area contributed by atoms with Gasteiger partial charge in [0.1, 0.15) is 12.1 Å². The van der Waals surface area contributed by atoms with Gasteiger partial charge in [-0.25, -0.2) is 4.79 Å². The van der Waals surface area contributed by atoms with E-state index in [0.717, 1.165) is 9.95 Å². The van der Waals surface area contributed by atoms with Crippen molar-refractivity contribution in [2.75, 3.05) is 0 Å². The number of rotatable bonds is 3. The van der Waals surface area contributed by atoms with Crippen molar-refractivity contribution in [2.45, 2.75) is 13.5 Å². The molecule has 0 radical (unpaired) electrons. The molecule has 3 N–H and O–H groups in total. The number of aromatic amines is 1. The summed E-state index contributed by atoms with van der Waals surface area (Å²) in [4.78, 5) is 50.8. The number of amides is 2. The van der Waals surface area contributed by atoms with E-state index in [1.165, 1.54) is 0 Å². The van der Waals surface area contributed by atoms with Crippen LogP contribution >= 0.6 is 0 Å². The summed E-state index contributed by atoms with van der Waals surface area (Å²) in [7, 11) is 0. The van der Waals surface area contributed by atoms with Crippen LogP contribution in [0.4, 0.5) is 0 Å². The fourth-order valence-corrected chi connectivity index (χ4v) is 3.16. The molecular weight excluding hydrogens is 376 g/mol. The Bertz CT molecular complexity index is 1380. The Morgan fingerprint density at radius 1 is 1.00 bits per heavy atom. The molecule has 0 aliphatic rings. The predicted molar refractivity (Wildman–Crippen MR) is 105 cm³/mol. The molecule has 0 bridgehead atoms. The second-order valence-electron chi connectivity index (χ2n) is 6.42. The summed E-state index contributed by atoms with van der Waals surface area (Å²) in [6.45, 7) is 1.35. The van der Waals surface area contributed by atoms with E-state index in [0.29, 0.717) is 16.7 Å². The maximum Gasteiger partial charge on any atom is 0.329 e. The highest BCUT2D eigenvalue weighted by molar-refractivity contribution is 5.99. The minimum absolute atomic E-state index is 0.0816. The van der Waals surface area contributed by atoms with E-state index in [4.69, 9.17) is 4.42 Å². The van der Waals surface area contributed by atoms with Gasteiger partial charge < -0.3 is 4.42 Å². The number of benzene rings is 2. The van der Waals surface area contributed by atoms with Gasteiger partial charge in [-0.05, 0) is 25.1 Å². The SMILES string of the molecule is Cc1c(C(=O)NNC(=O)Cn2c(=O)[nH]c(=O)c3ccccc32)oc2ccccc12. The molecule has 2 heterocycles. The van der Waals surface area contributed by atoms with Gasteiger partial charge in [-0.2, -0.15) is 0 Å². The summed E-state index contributed by atoms with van der Waals surface area (Å²) in [5.74, 6) is -1.18. The molecule has 0 saturated heterocycles. The third kappa shape index (κ3) is 3.29. The van der Waals surface area contributed by atoms with Crippen LogP contribution in [0.5, 0.6) is 0 Å². The lowest BCUT2D eigenvalue weighted by atomic mass is 10.1. The lowest BCUT2D eigenvalue weighted by molar-refractivity contribution is -0.122. The van der Waals surface area contributed by atoms with Crippen LogP contribution in [0, 0.1) is 6.92 Å². The normalized spacial score (nSPS) is 10.9. The summed E-state index contributed by atoms with van der Waals surface area (Å²) in [6.07, 6.45) is 0. The third-order valence-corrected chi connectivity index (χ3v) is 4.57. The number of aryl methyl sites for hydroxylation is 1. The second kappa shape index (κ2) is 7.12. The van der Waals surface area contributed by atoms with Crippen molar-refractivity contribution < 1.29 is 14.0 Å². The first-order chi connectivity index (χ1) is 14.0.